The Bertz CT molecular complexity index is 863. The first-order valence-corrected chi connectivity index (χ1v) is 7.87. The van der Waals surface area contributed by atoms with Crippen molar-refractivity contribution in [1.82, 2.24) is 10.2 Å². The fourth-order valence-corrected chi connectivity index (χ4v) is 2.87. The van der Waals surface area contributed by atoms with Gasteiger partial charge in [0, 0.05) is 12.1 Å². The van der Waals surface area contributed by atoms with Crippen LogP contribution in [-0.2, 0) is 16.9 Å². The maximum absolute atomic E-state index is 12.9. The first-order valence-electron chi connectivity index (χ1n) is 7.87. The molecule has 1 aliphatic heterocycles. The van der Waals surface area contributed by atoms with E-state index in [4.69, 9.17) is 4.74 Å². The van der Waals surface area contributed by atoms with Crippen LogP contribution in [0.5, 0.6) is 5.75 Å². The summed E-state index contributed by atoms with van der Waals surface area (Å²) in [5.74, 6) is 0.272. The quantitative estimate of drug-likeness (QED) is 0.504. The van der Waals surface area contributed by atoms with Gasteiger partial charge in [0.2, 0.25) is 0 Å². The van der Waals surface area contributed by atoms with E-state index in [-0.39, 0.29) is 12.2 Å². The molecular formula is C18H17N3O5. The molecule has 0 aliphatic carbocycles. The maximum atomic E-state index is 12.9. The normalized spacial score (nSPS) is 19.4. The second-order valence-corrected chi connectivity index (χ2v) is 6.10. The monoisotopic (exact) mass is 355 g/mol. The van der Waals surface area contributed by atoms with Crippen molar-refractivity contribution in [1.29, 1.82) is 0 Å². The van der Waals surface area contributed by atoms with Crippen molar-refractivity contribution in [2.24, 2.45) is 0 Å². The van der Waals surface area contributed by atoms with Crippen molar-refractivity contribution in [2.45, 2.75) is 19.0 Å². The van der Waals surface area contributed by atoms with Crippen LogP contribution in [0.1, 0.15) is 18.1 Å². The number of amides is 3. The van der Waals surface area contributed by atoms with Crippen molar-refractivity contribution in [3.63, 3.8) is 0 Å². The van der Waals surface area contributed by atoms with Crippen molar-refractivity contribution in [3.8, 4) is 5.75 Å². The van der Waals surface area contributed by atoms with E-state index in [0.717, 1.165) is 10.5 Å². The molecule has 1 atom stereocenters. The van der Waals surface area contributed by atoms with E-state index >= 15 is 0 Å². The highest BCUT2D eigenvalue weighted by Gasteiger charge is 2.48. The fourth-order valence-electron chi connectivity index (χ4n) is 2.87. The second-order valence-electron chi connectivity index (χ2n) is 6.10. The van der Waals surface area contributed by atoms with Crippen molar-refractivity contribution < 1.29 is 19.2 Å². The Morgan fingerprint density at radius 2 is 1.73 bits per heavy atom. The first kappa shape index (κ1) is 17.4. The molecule has 8 heteroatoms. The zero-order chi connectivity index (χ0) is 18.9. The van der Waals surface area contributed by atoms with Crippen LogP contribution in [0.15, 0.2) is 48.5 Å². The lowest BCUT2D eigenvalue weighted by Crippen LogP contribution is -2.40. The van der Waals surface area contributed by atoms with E-state index in [2.05, 4.69) is 5.32 Å². The molecular weight excluding hydrogens is 338 g/mol. The van der Waals surface area contributed by atoms with Gasteiger partial charge in [0.1, 0.15) is 11.3 Å². The number of hydrogen-bond acceptors (Lipinski definition) is 5. The van der Waals surface area contributed by atoms with Crippen LogP contribution >= 0.6 is 0 Å². The third-order valence-electron chi connectivity index (χ3n) is 4.43. The number of urea groups is 1. The molecule has 2 aromatic rings. The molecule has 1 unspecified atom stereocenters. The number of nitrogens with one attached hydrogen (secondary N) is 1. The Morgan fingerprint density at radius 3 is 2.27 bits per heavy atom. The summed E-state index contributed by atoms with van der Waals surface area (Å²) in [4.78, 5) is 36.6. The third kappa shape index (κ3) is 2.97. The zero-order valence-electron chi connectivity index (χ0n) is 14.3. The van der Waals surface area contributed by atoms with E-state index in [0.29, 0.717) is 11.3 Å². The minimum absolute atomic E-state index is 0.0794. The second kappa shape index (κ2) is 6.47. The van der Waals surface area contributed by atoms with Gasteiger partial charge in [-0.1, -0.05) is 12.1 Å². The van der Waals surface area contributed by atoms with Gasteiger partial charge in [-0.25, -0.2) is 4.79 Å². The number of imide groups is 1. The molecule has 2 aromatic carbocycles. The van der Waals surface area contributed by atoms with Crippen LogP contribution in [0.3, 0.4) is 0 Å². The molecule has 0 spiro atoms. The number of nitrogens with zero attached hydrogens (tertiary/aromatic N) is 2. The van der Waals surface area contributed by atoms with Gasteiger partial charge in [0.25, 0.3) is 11.6 Å². The summed E-state index contributed by atoms with van der Waals surface area (Å²) < 4.78 is 5.09. The minimum Gasteiger partial charge on any atom is -0.497 e. The molecule has 1 saturated heterocycles. The lowest BCUT2D eigenvalue weighted by atomic mass is 9.92. The van der Waals surface area contributed by atoms with Crippen LogP contribution in [0.4, 0.5) is 10.5 Å². The lowest BCUT2D eigenvalue weighted by Gasteiger charge is -2.22. The molecule has 26 heavy (non-hydrogen) atoms. The topological polar surface area (TPSA) is 102 Å². The number of carbonyl (C=O) groups is 2. The predicted octanol–water partition coefficient (Wildman–Crippen LogP) is 2.57. The molecule has 134 valence electrons. The predicted molar refractivity (Wildman–Crippen MR) is 92.5 cm³/mol. The van der Waals surface area contributed by atoms with Crippen LogP contribution in [0.2, 0.25) is 0 Å². The number of methoxy groups -OCH3 is 1. The number of hydrogen-bond donors (Lipinski definition) is 1. The number of non-ortho nitro benzene ring substituents is 1. The van der Waals surface area contributed by atoms with Gasteiger partial charge in [0.05, 0.1) is 18.6 Å². The molecule has 0 saturated carbocycles. The van der Waals surface area contributed by atoms with Crippen molar-refractivity contribution in [2.75, 3.05) is 7.11 Å². The molecule has 1 fully saturated rings. The number of benzene rings is 2. The number of rotatable bonds is 5. The largest absolute Gasteiger partial charge is 0.497 e. The molecule has 3 amide bonds. The average Bonchev–Trinajstić information content (AvgIpc) is 2.86. The van der Waals surface area contributed by atoms with Gasteiger partial charge in [0.15, 0.2) is 0 Å². The number of nitro groups is 1. The summed E-state index contributed by atoms with van der Waals surface area (Å²) in [6.45, 7) is 1.71. The highest BCUT2D eigenvalue weighted by Crippen LogP contribution is 2.31. The van der Waals surface area contributed by atoms with Gasteiger partial charge >= 0.3 is 6.03 Å². The van der Waals surface area contributed by atoms with Gasteiger partial charge < -0.3 is 10.1 Å². The molecule has 0 aromatic heterocycles. The van der Waals surface area contributed by atoms with E-state index < -0.39 is 22.4 Å². The Morgan fingerprint density at radius 1 is 1.12 bits per heavy atom. The minimum atomic E-state index is -1.27. The smallest absolute Gasteiger partial charge is 0.325 e. The van der Waals surface area contributed by atoms with Crippen molar-refractivity contribution in [3.05, 3.63) is 69.8 Å². The molecule has 1 heterocycles. The SMILES string of the molecule is COc1ccc(CN2C(=O)NC(C)(c3ccc([N+](=O)[O-])cc3)C2=O)cc1. The number of ether oxygens (including phenoxy) is 1. The van der Waals surface area contributed by atoms with Gasteiger partial charge in [-0.15, -0.1) is 0 Å². The summed E-state index contributed by atoms with van der Waals surface area (Å²) in [6.07, 6.45) is 0. The summed E-state index contributed by atoms with van der Waals surface area (Å²) in [6, 6.07) is 12.1. The highest BCUT2D eigenvalue weighted by atomic mass is 16.6. The zero-order valence-corrected chi connectivity index (χ0v) is 14.3. The van der Waals surface area contributed by atoms with E-state index in [1.165, 1.54) is 24.3 Å². The summed E-state index contributed by atoms with van der Waals surface area (Å²) in [7, 11) is 1.56. The Hall–Kier alpha value is -3.42. The molecule has 3 rings (SSSR count). The van der Waals surface area contributed by atoms with Crippen LogP contribution < -0.4 is 10.1 Å². The van der Waals surface area contributed by atoms with E-state index in [1.54, 1.807) is 38.3 Å². The Labute approximate surface area is 149 Å². The summed E-state index contributed by atoms with van der Waals surface area (Å²) in [5, 5.41) is 13.5. The molecule has 0 radical (unpaired) electrons. The number of carbonyl (C=O) groups excluding carboxylic acids is 2. The average molecular weight is 355 g/mol. The Balaban J connectivity index is 1.83. The number of nitro benzene ring substituents is 1. The third-order valence-corrected chi connectivity index (χ3v) is 4.43. The molecule has 8 nitrogen and oxygen atoms in total. The van der Waals surface area contributed by atoms with Crippen LogP contribution in [-0.4, -0.2) is 28.9 Å². The Kier molecular flexibility index (Phi) is 4.33. The molecule has 1 aliphatic rings. The van der Waals surface area contributed by atoms with E-state index in [1.807, 2.05) is 0 Å². The van der Waals surface area contributed by atoms with Crippen LogP contribution in [0, 0.1) is 10.1 Å². The summed E-state index contributed by atoms with van der Waals surface area (Å²) in [5.41, 5.74) is -0.0799. The molecule has 1 N–H and O–H groups in total. The standard InChI is InChI=1S/C18H17N3O5/c1-18(13-5-7-14(8-6-13)21(24)25)16(22)20(17(23)19-18)11-12-3-9-15(26-2)10-4-12/h3-10H,11H2,1-2H3,(H,19,23). The van der Waals surface area contributed by atoms with Crippen molar-refractivity contribution >= 4 is 17.6 Å². The van der Waals surface area contributed by atoms with Gasteiger partial charge in [-0.05, 0) is 42.3 Å². The van der Waals surface area contributed by atoms with E-state index in [9.17, 15) is 19.7 Å². The highest BCUT2D eigenvalue weighted by molar-refractivity contribution is 6.07. The summed E-state index contributed by atoms with van der Waals surface area (Å²) >= 11 is 0. The van der Waals surface area contributed by atoms with Gasteiger partial charge in [-0.3, -0.25) is 19.8 Å². The fraction of sp³-hybridized carbons (Fsp3) is 0.222. The first-order chi connectivity index (χ1) is 12.3. The molecule has 0 bridgehead atoms. The maximum Gasteiger partial charge on any atom is 0.325 e. The lowest BCUT2D eigenvalue weighted by molar-refractivity contribution is -0.384. The van der Waals surface area contributed by atoms with Crippen LogP contribution in [0.25, 0.3) is 0 Å². The van der Waals surface area contributed by atoms with Gasteiger partial charge in [-0.2, -0.15) is 0 Å².